The van der Waals surface area contributed by atoms with E-state index in [1.54, 1.807) is 0 Å². The molecule has 0 aliphatic rings. The summed E-state index contributed by atoms with van der Waals surface area (Å²) in [7, 11) is 3.85. The third-order valence-electron chi connectivity index (χ3n) is 2.49. The molecule has 0 radical (unpaired) electrons. The molecular formula is C14H19N5S. The van der Waals surface area contributed by atoms with E-state index in [0.29, 0.717) is 17.1 Å². The fourth-order valence-corrected chi connectivity index (χ4v) is 2.26. The van der Waals surface area contributed by atoms with Crippen molar-refractivity contribution >= 4 is 23.7 Å². The van der Waals surface area contributed by atoms with Gasteiger partial charge in [-0.2, -0.15) is 15.0 Å². The first-order valence-corrected chi connectivity index (χ1v) is 7.41. The summed E-state index contributed by atoms with van der Waals surface area (Å²) >= 11 is 1.54. The first-order chi connectivity index (χ1) is 9.69. The largest absolute Gasteiger partial charge is 0.354 e. The minimum atomic E-state index is 0.629. The lowest BCUT2D eigenvalue weighted by Crippen LogP contribution is -2.16. The monoisotopic (exact) mass is 289 g/mol. The van der Waals surface area contributed by atoms with E-state index >= 15 is 0 Å². The number of rotatable bonds is 6. The first-order valence-electron chi connectivity index (χ1n) is 6.59. The zero-order valence-corrected chi connectivity index (χ0v) is 12.8. The maximum absolute atomic E-state index is 4.46. The highest BCUT2D eigenvalue weighted by atomic mass is 32.2. The van der Waals surface area contributed by atoms with Crippen LogP contribution in [0, 0.1) is 0 Å². The van der Waals surface area contributed by atoms with Crippen LogP contribution in [0.15, 0.2) is 40.4 Å². The third-order valence-corrected chi connectivity index (χ3v) is 3.36. The molecule has 0 amide bonds. The molecule has 20 heavy (non-hydrogen) atoms. The number of hydrogen-bond acceptors (Lipinski definition) is 6. The molecule has 0 atom stereocenters. The quantitative estimate of drug-likeness (QED) is 0.882. The second-order valence-corrected chi connectivity index (χ2v) is 5.52. The summed E-state index contributed by atoms with van der Waals surface area (Å²) in [6.07, 6.45) is 1.03. The molecule has 2 aromatic rings. The molecule has 5 nitrogen and oxygen atoms in total. The molecule has 0 saturated carbocycles. The van der Waals surface area contributed by atoms with Crippen LogP contribution in [-0.2, 0) is 0 Å². The maximum Gasteiger partial charge on any atom is 0.230 e. The summed E-state index contributed by atoms with van der Waals surface area (Å²) in [6, 6.07) is 10.1. The Hall–Kier alpha value is -1.82. The van der Waals surface area contributed by atoms with Crippen molar-refractivity contribution in [2.75, 3.05) is 30.9 Å². The van der Waals surface area contributed by atoms with Crippen molar-refractivity contribution in [2.45, 2.75) is 23.4 Å². The number of benzene rings is 1. The van der Waals surface area contributed by atoms with Crippen LogP contribution < -0.4 is 10.2 Å². The van der Waals surface area contributed by atoms with E-state index < -0.39 is 0 Å². The van der Waals surface area contributed by atoms with Gasteiger partial charge in [0.2, 0.25) is 11.9 Å². The van der Waals surface area contributed by atoms with Crippen molar-refractivity contribution in [3.05, 3.63) is 30.3 Å². The Morgan fingerprint density at radius 1 is 1.10 bits per heavy atom. The average Bonchev–Trinajstić information content (AvgIpc) is 2.46. The average molecular weight is 289 g/mol. The van der Waals surface area contributed by atoms with Crippen molar-refractivity contribution in [2.24, 2.45) is 0 Å². The van der Waals surface area contributed by atoms with Gasteiger partial charge in [-0.1, -0.05) is 25.1 Å². The SMILES string of the molecule is CCCNc1nc(Sc2ccccc2)nc(N(C)C)n1. The Kier molecular flexibility index (Phi) is 5.17. The van der Waals surface area contributed by atoms with Crippen molar-refractivity contribution in [3.8, 4) is 0 Å². The van der Waals surface area contributed by atoms with E-state index in [-0.39, 0.29) is 0 Å². The molecule has 0 saturated heterocycles. The normalized spacial score (nSPS) is 10.3. The van der Waals surface area contributed by atoms with E-state index in [4.69, 9.17) is 0 Å². The Balaban J connectivity index is 2.24. The van der Waals surface area contributed by atoms with E-state index in [0.717, 1.165) is 17.9 Å². The van der Waals surface area contributed by atoms with Gasteiger partial charge in [0.05, 0.1) is 0 Å². The van der Waals surface area contributed by atoms with Gasteiger partial charge in [-0.25, -0.2) is 0 Å². The second-order valence-electron chi connectivity index (χ2n) is 4.48. The molecule has 0 aliphatic carbocycles. The molecule has 0 unspecified atom stereocenters. The van der Waals surface area contributed by atoms with E-state index in [1.165, 1.54) is 11.8 Å². The number of nitrogens with one attached hydrogen (secondary N) is 1. The first kappa shape index (κ1) is 14.6. The van der Waals surface area contributed by atoms with Crippen LogP contribution in [0.4, 0.5) is 11.9 Å². The zero-order valence-electron chi connectivity index (χ0n) is 12.0. The molecule has 0 bridgehead atoms. The lowest BCUT2D eigenvalue weighted by molar-refractivity contribution is 0.852. The predicted octanol–water partition coefficient (Wildman–Crippen LogP) is 2.91. The van der Waals surface area contributed by atoms with Gasteiger partial charge < -0.3 is 10.2 Å². The van der Waals surface area contributed by atoms with Gasteiger partial charge in [0.15, 0.2) is 5.16 Å². The molecule has 1 aromatic heterocycles. The molecule has 1 N–H and O–H groups in total. The van der Waals surface area contributed by atoms with Gasteiger partial charge in [-0.15, -0.1) is 0 Å². The van der Waals surface area contributed by atoms with E-state index in [9.17, 15) is 0 Å². The predicted molar refractivity (Wildman–Crippen MR) is 83.5 cm³/mol. The molecule has 106 valence electrons. The fourth-order valence-electron chi connectivity index (χ4n) is 1.50. The van der Waals surface area contributed by atoms with E-state index in [1.807, 2.05) is 49.3 Å². The standard InChI is InChI=1S/C14H19N5S/c1-4-10-15-12-16-13(19(2)3)18-14(17-12)20-11-8-6-5-7-9-11/h5-9H,4,10H2,1-3H3,(H,15,16,17,18). The fraction of sp³-hybridized carbons (Fsp3) is 0.357. The van der Waals surface area contributed by atoms with Gasteiger partial charge in [-0.3, -0.25) is 0 Å². The molecule has 6 heteroatoms. The van der Waals surface area contributed by atoms with Crippen molar-refractivity contribution in [1.29, 1.82) is 0 Å². The molecule has 0 aliphatic heterocycles. The summed E-state index contributed by atoms with van der Waals surface area (Å²) in [4.78, 5) is 16.3. The Morgan fingerprint density at radius 2 is 1.85 bits per heavy atom. The number of anilines is 2. The number of aromatic nitrogens is 3. The van der Waals surface area contributed by atoms with Crippen LogP contribution in [0.3, 0.4) is 0 Å². The summed E-state index contributed by atoms with van der Waals surface area (Å²) < 4.78 is 0. The highest BCUT2D eigenvalue weighted by Crippen LogP contribution is 2.25. The maximum atomic E-state index is 4.46. The van der Waals surface area contributed by atoms with Crippen molar-refractivity contribution < 1.29 is 0 Å². The highest BCUT2D eigenvalue weighted by molar-refractivity contribution is 7.99. The lowest BCUT2D eigenvalue weighted by atomic mass is 10.4. The summed E-state index contributed by atoms with van der Waals surface area (Å²) in [5.74, 6) is 1.29. The molecule has 0 fully saturated rings. The topological polar surface area (TPSA) is 53.9 Å². The summed E-state index contributed by atoms with van der Waals surface area (Å²) in [6.45, 7) is 2.97. The molecular weight excluding hydrogens is 270 g/mol. The zero-order chi connectivity index (χ0) is 14.4. The lowest BCUT2D eigenvalue weighted by Gasteiger charge is -2.13. The molecule has 0 spiro atoms. The molecule has 2 rings (SSSR count). The van der Waals surface area contributed by atoms with Gasteiger partial charge in [0.1, 0.15) is 0 Å². The Bertz CT molecular complexity index is 545. The van der Waals surface area contributed by atoms with E-state index in [2.05, 4.69) is 27.2 Å². The Morgan fingerprint density at radius 3 is 2.50 bits per heavy atom. The van der Waals surface area contributed by atoms with Gasteiger partial charge in [-0.05, 0) is 30.3 Å². The van der Waals surface area contributed by atoms with Crippen LogP contribution in [-0.4, -0.2) is 35.6 Å². The number of hydrogen-bond donors (Lipinski definition) is 1. The van der Waals surface area contributed by atoms with Crippen LogP contribution >= 0.6 is 11.8 Å². The molecule has 1 aromatic carbocycles. The third kappa shape index (κ3) is 4.09. The minimum absolute atomic E-state index is 0.629. The number of nitrogens with zero attached hydrogens (tertiary/aromatic N) is 4. The highest BCUT2D eigenvalue weighted by Gasteiger charge is 2.09. The second kappa shape index (κ2) is 7.09. The van der Waals surface area contributed by atoms with Crippen LogP contribution in [0.5, 0.6) is 0 Å². The van der Waals surface area contributed by atoms with Crippen LogP contribution in [0.25, 0.3) is 0 Å². The van der Waals surface area contributed by atoms with Gasteiger partial charge in [0, 0.05) is 25.5 Å². The van der Waals surface area contributed by atoms with Crippen molar-refractivity contribution in [3.63, 3.8) is 0 Å². The summed E-state index contributed by atoms with van der Waals surface area (Å²) in [5.41, 5.74) is 0. The smallest absolute Gasteiger partial charge is 0.230 e. The van der Waals surface area contributed by atoms with Gasteiger partial charge >= 0.3 is 0 Å². The van der Waals surface area contributed by atoms with Crippen molar-refractivity contribution in [1.82, 2.24) is 15.0 Å². The van der Waals surface area contributed by atoms with Crippen LogP contribution in [0.2, 0.25) is 0 Å². The van der Waals surface area contributed by atoms with Gasteiger partial charge in [0.25, 0.3) is 0 Å². The summed E-state index contributed by atoms with van der Waals surface area (Å²) in [5, 5.41) is 3.92. The van der Waals surface area contributed by atoms with Crippen LogP contribution in [0.1, 0.15) is 13.3 Å². The Labute approximate surface area is 123 Å². The minimum Gasteiger partial charge on any atom is -0.354 e. The molecule has 1 heterocycles.